The number of unbranched alkanes of at least 4 members (excludes halogenated alkanes) is 21. The molecule has 0 aliphatic rings. The highest BCUT2D eigenvalue weighted by Crippen LogP contribution is 2.15. The molecule has 232 valence electrons. The highest BCUT2D eigenvalue weighted by Gasteiger charge is 2.17. The number of carbonyl (C=O) groups excluding carboxylic acids is 2. The lowest BCUT2D eigenvalue weighted by Crippen LogP contribution is -2.29. The molecule has 0 saturated carbocycles. The van der Waals surface area contributed by atoms with Crippen LogP contribution in [0.15, 0.2) is 0 Å². The van der Waals surface area contributed by atoms with Crippen molar-refractivity contribution < 1.29 is 19.1 Å². The highest BCUT2D eigenvalue weighted by atomic mass is 16.6. The van der Waals surface area contributed by atoms with Crippen LogP contribution >= 0.6 is 0 Å². The predicted octanol–water partition coefficient (Wildman–Crippen LogP) is 9.65. The van der Waals surface area contributed by atoms with Gasteiger partial charge in [0.2, 0.25) is 0 Å². The first kappa shape index (κ1) is 37.9. The zero-order chi connectivity index (χ0) is 29.0. The Bertz CT molecular complexity index is 551. The quantitative estimate of drug-likeness (QED) is 0.0681. The molecule has 2 atom stereocenters. The molecule has 5 nitrogen and oxygen atoms in total. The van der Waals surface area contributed by atoms with Gasteiger partial charge in [0.05, 0.1) is 5.92 Å². The molecule has 0 radical (unpaired) electrons. The van der Waals surface area contributed by atoms with E-state index >= 15 is 0 Å². The summed E-state index contributed by atoms with van der Waals surface area (Å²) in [7, 11) is 3.85. The molecule has 39 heavy (non-hydrogen) atoms. The van der Waals surface area contributed by atoms with Gasteiger partial charge in [0.25, 0.3) is 0 Å². The van der Waals surface area contributed by atoms with Gasteiger partial charge in [0, 0.05) is 13.0 Å². The zero-order valence-corrected chi connectivity index (χ0v) is 26.9. The Morgan fingerprint density at radius 2 is 0.949 bits per heavy atom. The van der Waals surface area contributed by atoms with Crippen LogP contribution in [0.4, 0.5) is 0 Å². The van der Waals surface area contributed by atoms with E-state index in [9.17, 15) is 9.59 Å². The van der Waals surface area contributed by atoms with E-state index in [0.29, 0.717) is 13.0 Å². The lowest BCUT2D eigenvalue weighted by Gasteiger charge is -2.18. The van der Waals surface area contributed by atoms with E-state index in [1.165, 1.54) is 128 Å². The number of hydrogen-bond donors (Lipinski definition) is 0. The third kappa shape index (κ3) is 28.2. The average Bonchev–Trinajstić information content (AvgIpc) is 2.89. The maximum atomic E-state index is 12.0. The van der Waals surface area contributed by atoms with E-state index < -0.39 is 6.10 Å². The Kier molecular flexibility index (Phi) is 27.6. The maximum Gasteiger partial charge on any atom is 0.310 e. The third-order valence-electron chi connectivity index (χ3n) is 7.57. The lowest BCUT2D eigenvalue weighted by molar-refractivity contribution is -0.160. The highest BCUT2D eigenvalue weighted by molar-refractivity contribution is 5.72. The second-order valence-electron chi connectivity index (χ2n) is 12.3. The third-order valence-corrected chi connectivity index (χ3v) is 7.57. The Morgan fingerprint density at radius 1 is 0.590 bits per heavy atom. The molecule has 0 saturated heterocycles. The van der Waals surface area contributed by atoms with Gasteiger partial charge in [-0.15, -0.1) is 0 Å². The summed E-state index contributed by atoms with van der Waals surface area (Å²) in [5.41, 5.74) is 0. The fraction of sp³-hybridized carbons (Fsp3) is 0.941. The van der Waals surface area contributed by atoms with E-state index in [4.69, 9.17) is 9.47 Å². The largest absolute Gasteiger partial charge is 0.462 e. The van der Waals surface area contributed by atoms with Crippen LogP contribution in [0.1, 0.15) is 168 Å². The first-order chi connectivity index (χ1) is 18.9. The molecular weight excluding hydrogens is 486 g/mol. The van der Waals surface area contributed by atoms with Gasteiger partial charge in [0.15, 0.2) is 0 Å². The molecule has 0 aromatic rings. The van der Waals surface area contributed by atoms with Crippen molar-refractivity contribution in [2.75, 3.05) is 27.2 Å². The molecule has 0 aliphatic heterocycles. The molecule has 0 heterocycles. The van der Waals surface area contributed by atoms with Crippen LogP contribution in [0.25, 0.3) is 0 Å². The van der Waals surface area contributed by atoms with E-state index in [1.54, 1.807) is 6.92 Å². The number of ether oxygens (including phenoxy) is 2. The van der Waals surface area contributed by atoms with E-state index in [1.807, 2.05) is 25.9 Å². The maximum absolute atomic E-state index is 12.0. The number of hydrogen-bond acceptors (Lipinski definition) is 5. The van der Waals surface area contributed by atoms with Crippen LogP contribution in [0.2, 0.25) is 0 Å². The fourth-order valence-corrected chi connectivity index (χ4v) is 5.16. The van der Waals surface area contributed by atoms with E-state index in [2.05, 4.69) is 6.92 Å². The summed E-state index contributed by atoms with van der Waals surface area (Å²) < 4.78 is 10.7. The van der Waals surface area contributed by atoms with Gasteiger partial charge in [-0.1, -0.05) is 149 Å². The Balaban J connectivity index is 3.34. The molecule has 0 N–H and O–H groups in total. The molecule has 0 aromatic heterocycles. The van der Waals surface area contributed by atoms with E-state index in [0.717, 1.165) is 12.8 Å². The van der Waals surface area contributed by atoms with Gasteiger partial charge >= 0.3 is 11.9 Å². The molecule has 0 rings (SSSR count). The first-order valence-electron chi connectivity index (χ1n) is 16.9. The van der Waals surface area contributed by atoms with Crippen molar-refractivity contribution in [1.82, 2.24) is 4.90 Å². The molecule has 0 amide bonds. The molecule has 0 bridgehead atoms. The minimum atomic E-state index is -0.396. The van der Waals surface area contributed by atoms with Crippen LogP contribution in [0.5, 0.6) is 0 Å². The fourth-order valence-electron chi connectivity index (χ4n) is 5.16. The summed E-state index contributed by atoms with van der Waals surface area (Å²) in [4.78, 5) is 25.9. The van der Waals surface area contributed by atoms with Crippen molar-refractivity contribution in [2.24, 2.45) is 5.92 Å². The molecular formula is C34H67NO4. The Morgan fingerprint density at radius 3 is 1.31 bits per heavy atom. The van der Waals surface area contributed by atoms with Crippen molar-refractivity contribution in [3.63, 3.8) is 0 Å². The number of rotatable bonds is 29. The van der Waals surface area contributed by atoms with Crippen molar-refractivity contribution in [1.29, 1.82) is 0 Å². The monoisotopic (exact) mass is 554 g/mol. The van der Waals surface area contributed by atoms with Crippen molar-refractivity contribution in [3.8, 4) is 0 Å². The minimum Gasteiger partial charge on any atom is -0.462 e. The van der Waals surface area contributed by atoms with Crippen molar-refractivity contribution in [2.45, 2.75) is 175 Å². The number of nitrogens with zero attached hydrogens (tertiary/aromatic N) is 1. The molecule has 2 unspecified atom stereocenters. The summed E-state index contributed by atoms with van der Waals surface area (Å²) >= 11 is 0. The topological polar surface area (TPSA) is 55.8 Å². The second-order valence-corrected chi connectivity index (χ2v) is 12.3. The summed E-state index contributed by atoms with van der Waals surface area (Å²) in [5.74, 6) is -0.619. The zero-order valence-electron chi connectivity index (χ0n) is 26.9. The van der Waals surface area contributed by atoms with Crippen LogP contribution < -0.4 is 0 Å². The average molecular weight is 554 g/mol. The van der Waals surface area contributed by atoms with Gasteiger partial charge in [-0.05, 0) is 27.4 Å². The van der Waals surface area contributed by atoms with E-state index in [-0.39, 0.29) is 24.5 Å². The summed E-state index contributed by atoms with van der Waals surface area (Å²) in [6.45, 7) is 6.69. The smallest absolute Gasteiger partial charge is 0.310 e. The molecule has 0 fully saturated rings. The molecule has 5 heteroatoms. The minimum absolute atomic E-state index is 0.127. The number of esters is 2. The van der Waals surface area contributed by atoms with Gasteiger partial charge < -0.3 is 14.4 Å². The normalized spacial score (nSPS) is 13.0. The van der Waals surface area contributed by atoms with Gasteiger partial charge in [-0.2, -0.15) is 0 Å². The number of carbonyl (C=O) groups is 2. The van der Waals surface area contributed by atoms with Crippen LogP contribution in [-0.2, 0) is 19.1 Å². The van der Waals surface area contributed by atoms with Crippen LogP contribution in [0, 0.1) is 5.92 Å². The lowest BCUT2D eigenvalue weighted by atomic mass is 10.0. The van der Waals surface area contributed by atoms with Gasteiger partial charge in [-0.3, -0.25) is 9.59 Å². The van der Waals surface area contributed by atoms with Crippen LogP contribution in [0.3, 0.4) is 0 Å². The van der Waals surface area contributed by atoms with Crippen molar-refractivity contribution in [3.05, 3.63) is 0 Å². The van der Waals surface area contributed by atoms with Crippen molar-refractivity contribution >= 4 is 11.9 Å². The summed E-state index contributed by atoms with van der Waals surface area (Å²) in [5, 5.41) is 0. The molecule has 0 spiro atoms. The summed E-state index contributed by atoms with van der Waals surface area (Å²) in [6, 6.07) is 0. The van der Waals surface area contributed by atoms with Gasteiger partial charge in [-0.25, -0.2) is 0 Å². The Hall–Kier alpha value is -1.10. The standard InChI is InChI=1S/C34H67NO4/c1-6-7-8-9-10-11-12-13-14-15-16-17-18-19-20-21-22-23-24-25-26-27-28-33(36)39-32(3)30-38-34(37)31(2)29-35(4)5/h31-32H,6-30H2,1-5H3. The first-order valence-corrected chi connectivity index (χ1v) is 16.9. The molecule has 0 aliphatic carbocycles. The molecule has 0 aromatic carbocycles. The Labute approximate surface area is 243 Å². The SMILES string of the molecule is CCCCCCCCCCCCCCCCCCCCCCCCC(=O)OC(C)COC(=O)C(C)CN(C)C. The van der Waals surface area contributed by atoms with Crippen LogP contribution in [-0.4, -0.2) is 50.2 Å². The second kappa shape index (κ2) is 28.4. The van der Waals surface area contributed by atoms with Gasteiger partial charge in [0.1, 0.15) is 12.7 Å². The predicted molar refractivity (Wildman–Crippen MR) is 166 cm³/mol. The summed E-state index contributed by atoms with van der Waals surface area (Å²) in [6.07, 6.45) is 30.0.